The molecule has 0 radical (unpaired) electrons. The van der Waals surface area contributed by atoms with Crippen molar-refractivity contribution in [1.82, 2.24) is 9.97 Å². The van der Waals surface area contributed by atoms with Crippen molar-refractivity contribution in [1.29, 1.82) is 0 Å². The molecule has 2 aromatic rings. The van der Waals surface area contributed by atoms with Crippen LogP contribution in [0.5, 0.6) is 5.75 Å². The highest BCUT2D eigenvalue weighted by Gasteiger charge is 2.15. The van der Waals surface area contributed by atoms with Gasteiger partial charge in [-0.25, -0.2) is 9.97 Å². The van der Waals surface area contributed by atoms with E-state index >= 15 is 0 Å². The zero-order valence-corrected chi connectivity index (χ0v) is 9.35. The second-order valence-corrected chi connectivity index (χ2v) is 3.70. The maximum Gasteiger partial charge on any atom is 0.219 e. The molecule has 0 atom stereocenters. The summed E-state index contributed by atoms with van der Waals surface area (Å²) in [7, 11) is 0. The van der Waals surface area contributed by atoms with Crippen LogP contribution in [-0.4, -0.2) is 20.9 Å². The monoisotopic (exact) mass is 249 g/mol. The highest BCUT2D eigenvalue weighted by molar-refractivity contribution is 6.33. The van der Waals surface area contributed by atoms with Gasteiger partial charge < -0.3 is 10.8 Å². The highest BCUT2D eigenvalue weighted by Crippen LogP contribution is 2.28. The Labute approximate surface area is 102 Å². The van der Waals surface area contributed by atoms with Gasteiger partial charge in [0.15, 0.2) is 5.78 Å². The Kier molecular flexibility index (Phi) is 2.93. The molecule has 0 bridgehead atoms. The molecule has 0 fully saturated rings. The van der Waals surface area contributed by atoms with E-state index in [1.165, 1.54) is 24.5 Å². The standard InChI is InChI=1S/C11H8ClN3O2/c12-8-3-1-2-7(10(8)17)9(16)6-4-14-11(13)15-5-6/h1-5,17H,(H2,13,14,15). The molecule has 0 amide bonds. The third-order valence-electron chi connectivity index (χ3n) is 2.17. The summed E-state index contributed by atoms with van der Waals surface area (Å²) < 4.78 is 0. The number of rotatable bonds is 2. The Hall–Kier alpha value is -2.14. The first-order valence-corrected chi connectivity index (χ1v) is 5.07. The number of aromatic nitrogens is 2. The fourth-order valence-corrected chi connectivity index (χ4v) is 1.48. The minimum absolute atomic E-state index is 0.0804. The summed E-state index contributed by atoms with van der Waals surface area (Å²) in [6.07, 6.45) is 2.59. The van der Waals surface area contributed by atoms with E-state index in [4.69, 9.17) is 17.3 Å². The normalized spacial score (nSPS) is 10.2. The summed E-state index contributed by atoms with van der Waals surface area (Å²) in [5, 5.41) is 9.78. The SMILES string of the molecule is Nc1ncc(C(=O)c2cccc(Cl)c2O)cn1. The van der Waals surface area contributed by atoms with Crippen LogP contribution in [0.2, 0.25) is 5.02 Å². The van der Waals surface area contributed by atoms with Gasteiger partial charge in [-0.15, -0.1) is 0 Å². The number of nitrogens with zero attached hydrogens (tertiary/aromatic N) is 2. The van der Waals surface area contributed by atoms with Crippen LogP contribution in [0.25, 0.3) is 0 Å². The van der Waals surface area contributed by atoms with Crippen molar-refractivity contribution in [3.63, 3.8) is 0 Å². The lowest BCUT2D eigenvalue weighted by atomic mass is 10.1. The molecule has 1 heterocycles. The summed E-state index contributed by atoms with van der Waals surface area (Å²) in [4.78, 5) is 19.4. The summed E-state index contributed by atoms with van der Waals surface area (Å²) in [6.45, 7) is 0. The molecular weight excluding hydrogens is 242 g/mol. The van der Waals surface area contributed by atoms with Crippen LogP contribution in [0.3, 0.4) is 0 Å². The number of aromatic hydroxyl groups is 1. The fourth-order valence-electron chi connectivity index (χ4n) is 1.31. The smallest absolute Gasteiger partial charge is 0.219 e. The number of hydrogen-bond acceptors (Lipinski definition) is 5. The lowest BCUT2D eigenvalue weighted by Gasteiger charge is -2.04. The maximum absolute atomic E-state index is 12.0. The van der Waals surface area contributed by atoms with E-state index in [9.17, 15) is 9.90 Å². The molecule has 0 aliphatic carbocycles. The van der Waals surface area contributed by atoms with Crippen LogP contribution in [0.1, 0.15) is 15.9 Å². The molecule has 1 aromatic carbocycles. The van der Waals surface area contributed by atoms with E-state index in [2.05, 4.69) is 9.97 Å². The van der Waals surface area contributed by atoms with Crippen LogP contribution in [0.15, 0.2) is 30.6 Å². The van der Waals surface area contributed by atoms with Crippen LogP contribution in [-0.2, 0) is 0 Å². The van der Waals surface area contributed by atoms with Gasteiger partial charge in [-0.05, 0) is 12.1 Å². The number of carbonyl (C=O) groups is 1. The zero-order chi connectivity index (χ0) is 12.4. The van der Waals surface area contributed by atoms with Crippen LogP contribution >= 0.6 is 11.6 Å². The third-order valence-corrected chi connectivity index (χ3v) is 2.47. The van der Waals surface area contributed by atoms with Crippen LogP contribution in [0.4, 0.5) is 5.95 Å². The number of ketones is 1. The fraction of sp³-hybridized carbons (Fsp3) is 0. The maximum atomic E-state index is 12.0. The zero-order valence-electron chi connectivity index (χ0n) is 8.59. The van der Waals surface area contributed by atoms with Crippen LogP contribution in [0, 0.1) is 0 Å². The Morgan fingerprint density at radius 2 is 1.94 bits per heavy atom. The lowest BCUT2D eigenvalue weighted by Crippen LogP contribution is -2.04. The van der Waals surface area contributed by atoms with Crippen molar-refractivity contribution < 1.29 is 9.90 Å². The van der Waals surface area contributed by atoms with Crippen molar-refractivity contribution >= 4 is 23.3 Å². The highest BCUT2D eigenvalue weighted by atomic mass is 35.5. The number of carbonyl (C=O) groups excluding carboxylic acids is 1. The van der Waals surface area contributed by atoms with E-state index in [1.54, 1.807) is 6.07 Å². The van der Waals surface area contributed by atoms with Gasteiger partial charge in [-0.2, -0.15) is 0 Å². The predicted molar refractivity (Wildman–Crippen MR) is 63.0 cm³/mol. The predicted octanol–water partition coefficient (Wildman–Crippen LogP) is 1.65. The quantitative estimate of drug-likeness (QED) is 0.790. The van der Waals surface area contributed by atoms with Crippen molar-refractivity contribution in [2.24, 2.45) is 0 Å². The number of nitrogen functional groups attached to an aromatic ring is 1. The molecule has 0 aliphatic heterocycles. The number of nitrogens with two attached hydrogens (primary N) is 1. The van der Waals surface area contributed by atoms with E-state index in [1.807, 2.05) is 0 Å². The van der Waals surface area contributed by atoms with Gasteiger partial charge in [-0.1, -0.05) is 17.7 Å². The molecule has 0 saturated heterocycles. The van der Waals surface area contributed by atoms with Gasteiger partial charge in [0, 0.05) is 12.4 Å². The minimum atomic E-state index is -0.412. The number of para-hydroxylation sites is 1. The molecule has 0 unspecified atom stereocenters. The van der Waals surface area contributed by atoms with Crippen LogP contribution < -0.4 is 5.73 Å². The lowest BCUT2D eigenvalue weighted by molar-refractivity contribution is 0.103. The molecule has 86 valence electrons. The van der Waals surface area contributed by atoms with Crippen molar-refractivity contribution in [2.75, 3.05) is 5.73 Å². The Balaban J connectivity index is 2.44. The summed E-state index contributed by atoms with van der Waals surface area (Å²) in [5.74, 6) is -0.585. The second kappa shape index (κ2) is 4.39. The molecule has 1 aromatic heterocycles. The molecule has 2 rings (SSSR count). The number of halogens is 1. The van der Waals surface area contributed by atoms with Crippen molar-refractivity contribution in [3.05, 3.63) is 46.7 Å². The molecule has 0 spiro atoms. The molecule has 17 heavy (non-hydrogen) atoms. The summed E-state index contributed by atoms with van der Waals surface area (Å²) in [6, 6.07) is 4.54. The molecule has 3 N–H and O–H groups in total. The van der Waals surface area contributed by atoms with Gasteiger partial charge >= 0.3 is 0 Å². The number of anilines is 1. The number of phenols is 1. The van der Waals surface area contributed by atoms with Gasteiger partial charge in [-0.3, -0.25) is 4.79 Å². The molecule has 0 saturated carbocycles. The van der Waals surface area contributed by atoms with Gasteiger partial charge in [0.05, 0.1) is 16.1 Å². The molecule has 6 heteroatoms. The molecular formula is C11H8ClN3O2. The van der Waals surface area contributed by atoms with Gasteiger partial charge in [0.25, 0.3) is 0 Å². The largest absolute Gasteiger partial charge is 0.506 e. The summed E-state index contributed by atoms with van der Waals surface area (Å²) in [5.41, 5.74) is 5.65. The van der Waals surface area contributed by atoms with E-state index in [-0.39, 0.29) is 27.8 Å². The summed E-state index contributed by atoms with van der Waals surface area (Å²) >= 11 is 5.72. The minimum Gasteiger partial charge on any atom is -0.506 e. The first-order chi connectivity index (χ1) is 8.09. The average Bonchev–Trinajstić information content (AvgIpc) is 2.33. The van der Waals surface area contributed by atoms with Gasteiger partial charge in [0.2, 0.25) is 5.95 Å². The number of phenolic OH excluding ortho intramolecular Hbond substituents is 1. The number of hydrogen-bond donors (Lipinski definition) is 2. The Morgan fingerprint density at radius 3 is 2.59 bits per heavy atom. The van der Waals surface area contributed by atoms with E-state index in [0.29, 0.717) is 0 Å². The molecule has 5 nitrogen and oxygen atoms in total. The Morgan fingerprint density at radius 1 is 1.29 bits per heavy atom. The number of benzene rings is 1. The third kappa shape index (κ3) is 2.19. The van der Waals surface area contributed by atoms with Crippen molar-refractivity contribution in [3.8, 4) is 5.75 Å². The van der Waals surface area contributed by atoms with Crippen molar-refractivity contribution in [2.45, 2.75) is 0 Å². The second-order valence-electron chi connectivity index (χ2n) is 3.30. The average molecular weight is 250 g/mol. The topological polar surface area (TPSA) is 89.1 Å². The Bertz CT molecular complexity index is 569. The van der Waals surface area contributed by atoms with E-state index < -0.39 is 5.78 Å². The van der Waals surface area contributed by atoms with Gasteiger partial charge in [0.1, 0.15) is 5.75 Å². The molecule has 0 aliphatic rings. The first-order valence-electron chi connectivity index (χ1n) is 4.69. The van der Waals surface area contributed by atoms with E-state index in [0.717, 1.165) is 0 Å². The first kappa shape index (κ1) is 11.3.